The Morgan fingerprint density at radius 3 is 2.29 bits per heavy atom. The van der Waals surface area contributed by atoms with Crippen LogP contribution in [0.1, 0.15) is 17.5 Å². The molecule has 0 atom stereocenters. The largest absolute Gasteiger partial charge is 0.493 e. The van der Waals surface area contributed by atoms with Gasteiger partial charge in [-0.05, 0) is 31.0 Å². The summed E-state index contributed by atoms with van der Waals surface area (Å²) in [7, 11) is 3.12. The maximum absolute atomic E-state index is 13.4. The van der Waals surface area contributed by atoms with E-state index in [1.807, 2.05) is 31.2 Å². The molecule has 34 heavy (non-hydrogen) atoms. The lowest BCUT2D eigenvalue weighted by molar-refractivity contribution is -0.136. The normalized spacial score (nSPS) is 16.9. The van der Waals surface area contributed by atoms with E-state index in [-0.39, 0.29) is 17.5 Å². The number of carbonyl (C=O) groups is 2. The van der Waals surface area contributed by atoms with E-state index >= 15 is 0 Å². The summed E-state index contributed by atoms with van der Waals surface area (Å²) in [5.74, 6) is 0.514. The Morgan fingerprint density at radius 2 is 1.62 bits per heavy atom. The first-order valence-corrected chi connectivity index (χ1v) is 11.5. The molecular formula is C26H31N3O5. The summed E-state index contributed by atoms with van der Waals surface area (Å²) in [5, 5.41) is 3.19. The van der Waals surface area contributed by atoms with E-state index in [1.165, 1.54) is 4.90 Å². The average Bonchev–Trinajstić information content (AvgIpc) is 3.09. The van der Waals surface area contributed by atoms with Crippen molar-refractivity contribution in [3.63, 3.8) is 0 Å². The number of hydrogen-bond acceptors (Lipinski definition) is 7. The minimum Gasteiger partial charge on any atom is -0.493 e. The molecule has 0 aromatic heterocycles. The third kappa shape index (κ3) is 5.08. The number of nitrogens with zero attached hydrogens (tertiary/aromatic N) is 2. The van der Waals surface area contributed by atoms with Crippen molar-refractivity contribution in [2.45, 2.75) is 13.3 Å². The number of carbonyl (C=O) groups excluding carboxylic acids is 2. The zero-order valence-electron chi connectivity index (χ0n) is 19.9. The maximum atomic E-state index is 13.4. The molecule has 0 saturated carbocycles. The fourth-order valence-corrected chi connectivity index (χ4v) is 4.22. The first-order valence-electron chi connectivity index (χ1n) is 11.5. The second-order valence-electron chi connectivity index (χ2n) is 8.38. The van der Waals surface area contributed by atoms with E-state index in [0.29, 0.717) is 41.3 Å². The number of imide groups is 1. The second-order valence-corrected chi connectivity index (χ2v) is 8.38. The van der Waals surface area contributed by atoms with E-state index in [2.05, 4.69) is 10.2 Å². The van der Waals surface area contributed by atoms with Crippen LogP contribution < -0.4 is 14.8 Å². The fraction of sp³-hybridized carbons (Fsp3) is 0.385. The summed E-state index contributed by atoms with van der Waals surface area (Å²) in [6.07, 6.45) is 0.711. The summed E-state index contributed by atoms with van der Waals surface area (Å²) in [6.45, 7) is 6.36. The first-order chi connectivity index (χ1) is 16.5. The Morgan fingerprint density at radius 1 is 0.912 bits per heavy atom. The van der Waals surface area contributed by atoms with Gasteiger partial charge in [-0.1, -0.05) is 29.8 Å². The minimum absolute atomic E-state index is 0.271. The van der Waals surface area contributed by atoms with Gasteiger partial charge in [0.05, 0.1) is 33.0 Å². The summed E-state index contributed by atoms with van der Waals surface area (Å²) in [4.78, 5) is 30.5. The third-order valence-electron chi connectivity index (χ3n) is 6.12. The number of anilines is 1. The number of hydrogen-bond donors (Lipinski definition) is 1. The van der Waals surface area contributed by atoms with Crippen LogP contribution in [0.4, 0.5) is 5.69 Å². The quantitative estimate of drug-likeness (QED) is 0.571. The molecule has 8 heteroatoms. The highest BCUT2D eigenvalue weighted by molar-refractivity contribution is 6.36. The number of benzene rings is 2. The van der Waals surface area contributed by atoms with Crippen LogP contribution in [0.25, 0.3) is 5.57 Å². The number of amides is 2. The third-order valence-corrected chi connectivity index (χ3v) is 6.12. The molecule has 2 amide bonds. The minimum atomic E-state index is -0.322. The molecule has 2 aromatic carbocycles. The van der Waals surface area contributed by atoms with Crippen molar-refractivity contribution in [2.24, 2.45) is 0 Å². The topological polar surface area (TPSA) is 80.3 Å². The van der Waals surface area contributed by atoms with Crippen LogP contribution >= 0.6 is 0 Å². The smallest absolute Gasteiger partial charge is 0.278 e. The van der Waals surface area contributed by atoms with E-state index in [4.69, 9.17) is 14.2 Å². The molecule has 0 bridgehead atoms. The van der Waals surface area contributed by atoms with Gasteiger partial charge in [-0.25, -0.2) is 0 Å². The standard InChI is InChI=1S/C26H31N3O5/c1-18-5-7-19(8-6-18)23-24(27-20-9-10-21(32-2)22(17-20)33-3)26(31)29(25(23)30)12-4-11-28-13-15-34-16-14-28/h5-10,17,27H,4,11-16H2,1-3H3. The van der Waals surface area contributed by atoms with Crippen molar-refractivity contribution in [1.29, 1.82) is 0 Å². The van der Waals surface area contributed by atoms with Crippen molar-refractivity contribution in [3.05, 3.63) is 59.3 Å². The molecule has 0 radical (unpaired) electrons. The molecule has 2 aliphatic heterocycles. The Balaban J connectivity index is 1.58. The van der Waals surface area contributed by atoms with E-state index in [1.54, 1.807) is 32.4 Å². The van der Waals surface area contributed by atoms with E-state index < -0.39 is 0 Å². The number of aryl methyl sites for hydroxylation is 1. The van der Waals surface area contributed by atoms with Crippen molar-refractivity contribution in [1.82, 2.24) is 9.80 Å². The highest BCUT2D eigenvalue weighted by Gasteiger charge is 2.39. The molecule has 2 aromatic rings. The van der Waals surface area contributed by atoms with Crippen molar-refractivity contribution in [2.75, 3.05) is 58.9 Å². The van der Waals surface area contributed by atoms with Crippen LogP contribution in [0.2, 0.25) is 0 Å². The summed E-state index contributed by atoms with van der Waals surface area (Å²) >= 11 is 0. The number of morpholine rings is 1. The number of methoxy groups -OCH3 is 2. The average molecular weight is 466 g/mol. The van der Waals surface area contributed by atoms with Crippen molar-refractivity contribution < 1.29 is 23.8 Å². The van der Waals surface area contributed by atoms with Crippen LogP contribution in [-0.4, -0.2) is 75.2 Å². The maximum Gasteiger partial charge on any atom is 0.278 e. The van der Waals surface area contributed by atoms with Crippen LogP contribution in [0.5, 0.6) is 11.5 Å². The summed E-state index contributed by atoms with van der Waals surface area (Å²) < 4.78 is 16.1. The van der Waals surface area contributed by atoms with Gasteiger partial charge in [0.25, 0.3) is 11.8 Å². The summed E-state index contributed by atoms with van der Waals surface area (Å²) in [5.41, 5.74) is 3.08. The summed E-state index contributed by atoms with van der Waals surface area (Å²) in [6, 6.07) is 12.9. The highest BCUT2D eigenvalue weighted by atomic mass is 16.5. The van der Waals surface area contributed by atoms with Gasteiger partial charge < -0.3 is 19.5 Å². The monoisotopic (exact) mass is 465 g/mol. The van der Waals surface area contributed by atoms with Crippen LogP contribution in [0, 0.1) is 6.92 Å². The molecule has 1 fully saturated rings. The highest BCUT2D eigenvalue weighted by Crippen LogP contribution is 2.34. The molecule has 0 spiro atoms. The van der Waals surface area contributed by atoms with Gasteiger partial charge in [-0.3, -0.25) is 19.4 Å². The van der Waals surface area contributed by atoms with Gasteiger partial charge >= 0.3 is 0 Å². The lowest BCUT2D eigenvalue weighted by atomic mass is 10.0. The van der Waals surface area contributed by atoms with E-state index in [9.17, 15) is 9.59 Å². The number of rotatable bonds is 9. The molecule has 0 unspecified atom stereocenters. The van der Waals surface area contributed by atoms with Crippen LogP contribution in [-0.2, 0) is 14.3 Å². The molecule has 4 rings (SSSR count). The molecule has 180 valence electrons. The molecular weight excluding hydrogens is 434 g/mol. The first kappa shape index (κ1) is 23.8. The van der Waals surface area contributed by atoms with Crippen LogP contribution in [0.15, 0.2) is 48.2 Å². The molecule has 8 nitrogen and oxygen atoms in total. The Hall–Kier alpha value is -3.36. The van der Waals surface area contributed by atoms with Crippen molar-refractivity contribution >= 4 is 23.1 Å². The SMILES string of the molecule is COc1ccc(NC2=C(c3ccc(C)cc3)C(=O)N(CCCN3CCOCC3)C2=O)cc1OC. The molecule has 2 aliphatic rings. The van der Waals surface area contributed by atoms with E-state index in [0.717, 1.165) is 38.4 Å². The predicted molar refractivity (Wildman–Crippen MR) is 130 cm³/mol. The Labute approximate surface area is 200 Å². The molecule has 0 aliphatic carbocycles. The zero-order valence-corrected chi connectivity index (χ0v) is 19.9. The van der Waals surface area contributed by atoms with Gasteiger partial charge in [0.2, 0.25) is 0 Å². The molecule has 2 heterocycles. The van der Waals surface area contributed by atoms with Gasteiger partial charge in [0.15, 0.2) is 11.5 Å². The predicted octanol–water partition coefficient (Wildman–Crippen LogP) is 2.93. The Bertz CT molecular complexity index is 1070. The second kappa shape index (κ2) is 10.7. The lowest BCUT2D eigenvalue weighted by Gasteiger charge is -2.27. The number of nitrogens with one attached hydrogen (secondary N) is 1. The van der Waals surface area contributed by atoms with Crippen LogP contribution in [0.3, 0.4) is 0 Å². The lowest BCUT2D eigenvalue weighted by Crippen LogP contribution is -2.39. The van der Waals surface area contributed by atoms with Gasteiger partial charge in [0, 0.05) is 37.9 Å². The zero-order chi connectivity index (χ0) is 24.1. The fourth-order valence-electron chi connectivity index (χ4n) is 4.22. The van der Waals surface area contributed by atoms with Gasteiger partial charge in [-0.2, -0.15) is 0 Å². The number of ether oxygens (including phenoxy) is 3. The van der Waals surface area contributed by atoms with Gasteiger partial charge in [0.1, 0.15) is 5.70 Å². The molecule has 1 saturated heterocycles. The molecule has 1 N–H and O–H groups in total. The van der Waals surface area contributed by atoms with Gasteiger partial charge in [-0.15, -0.1) is 0 Å². The Kier molecular flexibility index (Phi) is 7.49. The van der Waals surface area contributed by atoms with Crippen molar-refractivity contribution in [3.8, 4) is 11.5 Å².